The smallest absolute Gasteiger partial charge is 0.330 e. The van der Waals surface area contributed by atoms with Gasteiger partial charge in [0.1, 0.15) is 0 Å². The molecule has 0 saturated carbocycles. The Labute approximate surface area is 167 Å². The third-order valence-electron chi connectivity index (χ3n) is 4.53. The molecule has 1 aromatic heterocycles. The molecule has 7 nitrogen and oxygen atoms in total. The van der Waals surface area contributed by atoms with Crippen molar-refractivity contribution in [2.75, 3.05) is 11.9 Å². The Morgan fingerprint density at radius 1 is 1.10 bits per heavy atom. The van der Waals surface area contributed by atoms with E-state index in [0.29, 0.717) is 16.8 Å². The van der Waals surface area contributed by atoms with E-state index in [0.717, 1.165) is 34.2 Å². The van der Waals surface area contributed by atoms with Crippen molar-refractivity contribution in [1.82, 2.24) is 4.98 Å². The highest BCUT2D eigenvalue weighted by atomic mass is 16.5. The molecule has 0 aliphatic rings. The largest absolute Gasteiger partial charge is 0.463 e. The van der Waals surface area contributed by atoms with Gasteiger partial charge in [-0.15, -0.1) is 0 Å². The van der Waals surface area contributed by atoms with Crippen LogP contribution in [0, 0.1) is 6.92 Å². The first-order valence-electron chi connectivity index (χ1n) is 9.08. The SMILES string of the molecule is CCOC(=O)/C=C/C(=O)Nc1cccc(-c2ccc(C(N)=O)c3[nH]ccc23)c1C. The molecule has 0 aliphatic carbocycles. The summed E-state index contributed by atoms with van der Waals surface area (Å²) >= 11 is 0. The molecule has 148 valence electrons. The number of nitrogens with two attached hydrogens (primary N) is 1. The van der Waals surface area contributed by atoms with Crippen LogP contribution in [0.15, 0.2) is 54.7 Å². The van der Waals surface area contributed by atoms with E-state index in [1.807, 2.05) is 31.2 Å². The molecule has 0 atom stereocenters. The van der Waals surface area contributed by atoms with Gasteiger partial charge in [-0.25, -0.2) is 4.79 Å². The van der Waals surface area contributed by atoms with Crippen LogP contribution in [-0.4, -0.2) is 29.4 Å². The number of esters is 1. The second-order valence-corrected chi connectivity index (χ2v) is 6.34. The van der Waals surface area contributed by atoms with Crippen LogP contribution in [-0.2, 0) is 14.3 Å². The van der Waals surface area contributed by atoms with E-state index in [9.17, 15) is 14.4 Å². The van der Waals surface area contributed by atoms with Crippen molar-refractivity contribution < 1.29 is 19.1 Å². The molecule has 0 aliphatic heterocycles. The van der Waals surface area contributed by atoms with Crippen LogP contribution >= 0.6 is 0 Å². The molecule has 0 radical (unpaired) electrons. The molecule has 0 bridgehead atoms. The van der Waals surface area contributed by atoms with Crippen molar-refractivity contribution in [1.29, 1.82) is 0 Å². The Bertz CT molecular complexity index is 1130. The molecule has 3 rings (SSSR count). The first-order valence-corrected chi connectivity index (χ1v) is 9.08. The zero-order chi connectivity index (χ0) is 21.0. The third kappa shape index (κ3) is 4.19. The highest BCUT2D eigenvalue weighted by Crippen LogP contribution is 2.34. The van der Waals surface area contributed by atoms with Gasteiger partial charge in [-0.1, -0.05) is 18.2 Å². The fraction of sp³-hybridized carbons (Fsp3) is 0.136. The second kappa shape index (κ2) is 8.43. The van der Waals surface area contributed by atoms with Gasteiger partial charge in [0, 0.05) is 29.4 Å². The number of aromatic amines is 1. The number of primary amides is 1. The van der Waals surface area contributed by atoms with E-state index in [1.165, 1.54) is 0 Å². The van der Waals surface area contributed by atoms with Crippen LogP contribution < -0.4 is 11.1 Å². The van der Waals surface area contributed by atoms with Gasteiger partial charge in [0.2, 0.25) is 5.91 Å². The quantitative estimate of drug-likeness (QED) is 0.442. The molecule has 0 spiro atoms. The van der Waals surface area contributed by atoms with Gasteiger partial charge in [0.15, 0.2) is 0 Å². The molecule has 7 heteroatoms. The fourth-order valence-electron chi connectivity index (χ4n) is 3.17. The van der Waals surface area contributed by atoms with Gasteiger partial charge in [-0.05, 0) is 48.7 Å². The minimum atomic E-state index is -0.572. The monoisotopic (exact) mass is 391 g/mol. The molecule has 2 amide bonds. The number of amides is 2. The Kier molecular flexibility index (Phi) is 5.78. The average molecular weight is 391 g/mol. The number of anilines is 1. The van der Waals surface area contributed by atoms with Crippen LogP contribution in [0.1, 0.15) is 22.8 Å². The summed E-state index contributed by atoms with van der Waals surface area (Å²) in [5, 5.41) is 3.63. The van der Waals surface area contributed by atoms with Gasteiger partial charge in [0.05, 0.1) is 17.7 Å². The zero-order valence-corrected chi connectivity index (χ0v) is 16.1. The summed E-state index contributed by atoms with van der Waals surface area (Å²) in [7, 11) is 0. The molecule has 1 heterocycles. The predicted molar refractivity (Wildman–Crippen MR) is 111 cm³/mol. The van der Waals surface area contributed by atoms with Crippen molar-refractivity contribution in [3.05, 3.63) is 65.9 Å². The second-order valence-electron chi connectivity index (χ2n) is 6.34. The maximum Gasteiger partial charge on any atom is 0.330 e. The van der Waals surface area contributed by atoms with E-state index in [-0.39, 0.29) is 6.61 Å². The number of H-pyrrole nitrogens is 1. The summed E-state index contributed by atoms with van der Waals surface area (Å²) in [5.74, 6) is -1.51. The summed E-state index contributed by atoms with van der Waals surface area (Å²) in [6.07, 6.45) is 3.97. The van der Waals surface area contributed by atoms with Crippen molar-refractivity contribution in [3.63, 3.8) is 0 Å². The minimum Gasteiger partial charge on any atom is -0.463 e. The topological polar surface area (TPSA) is 114 Å². The number of benzene rings is 2. The summed E-state index contributed by atoms with van der Waals surface area (Å²) < 4.78 is 4.76. The van der Waals surface area contributed by atoms with E-state index < -0.39 is 17.8 Å². The van der Waals surface area contributed by atoms with Gasteiger partial charge < -0.3 is 20.8 Å². The van der Waals surface area contributed by atoms with E-state index >= 15 is 0 Å². The van der Waals surface area contributed by atoms with Crippen LogP contribution in [0.25, 0.3) is 22.0 Å². The van der Waals surface area contributed by atoms with Gasteiger partial charge in [0.25, 0.3) is 5.91 Å². The summed E-state index contributed by atoms with van der Waals surface area (Å²) in [4.78, 5) is 38.2. The fourth-order valence-corrected chi connectivity index (χ4v) is 3.17. The number of fused-ring (bicyclic) bond motifs is 1. The number of hydrogen-bond donors (Lipinski definition) is 3. The maximum absolute atomic E-state index is 12.1. The number of carbonyl (C=O) groups is 3. The number of aromatic nitrogens is 1. The Morgan fingerprint density at radius 2 is 1.90 bits per heavy atom. The Morgan fingerprint density at radius 3 is 2.62 bits per heavy atom. The van der Waals surface area contributed by atoms with Crippen molar-refractivity contribution in [2.45, 2.75) is 13.8 Å². The lowest BCUT2D eigenvalue weighted by Crippen LogP contribution is -2.12. The Balaban J connectivity index is 1.94. The molecular formula is C22H21N3O4. The van der Waals surface area contributed by atoms with Crippen LogP contribution in [0.5, 0.6) is 0 Å². The third-order valence-corrected chi connectivity index (χ3v) is 4.53. The number of rotatable bonds is 6. The summed E-state index contributed by atoms with van der Waals surface area (Å²) in [6.45, 7) is 3.83. The van der Waals surface area contributed by atoms with Crippen LogP contribution in [0.4, 0.5) is 5.69 Å². The first kappa shape index (κ1) is 19.9. The summed E-state index contributed by atoms with van der Waals surface area (Å²) in [6, 6.07) is 10.9. The van der Waals surface area contributed by atoms with Crippen molar-refractivity contribution >= 4 is 34.4 Å². The lowest BCUT2D eigenvalue weighted by Gasteiger charge is -2.13. The molecule has 29 heavy (non-hydrogen) atoms. The van der Waals surface area contributed by atoms with Gasteiger partial charge in [-0.2, -0.15) is 0 Å². The van der Waals surface area contributed by atoms with Gasteiger partial charge >= 0.3 is 5.97 Å². The highest BCUT2D eigenvalue weighted by molar-refractivity contribution is 6.10. The molecule has 0 fully saturated rings. The molecule has 4 N–H and O–H groups in total. The molecule has 2 aromatic carbocycles. The van der Waals surface area contributed by atoms with Crippen molar-refractivity contribution in [2.24, 2.45) is 5.73 Å². The number of carbonyl (C=O) groups excluding carboxylic acids is 3. The molecule has 0 unspecified atom stereocenters. The highest BCUT2D eigenvalue weighted by Gasteiger charge is 2.15. The van der Waals surface area contributed by atoms with Crippen LogP contribution in [0.3, 0.4) is 0 Å². The lowest BCUT2D eigenvalue weighted by atomic mass is 9.94. The molecule has 0 saturated heterocycles. The standard InChI is InChI=1S/C22H21N3O4/c1-3-29-20(27)10-9-19(26)25-18-6-4-5-14(13(18)2)15-7-8-17(22(23)28)21-16(15)11-12-24-21/h4-12,24H,3H2,1-2H3,(H2,23,28)(H,25,26)/b10-9+. The molecular weight excluding hydrogens is 370 g/mol. The van der Waals surface area contributed by atoms with Gasteiger partial charge in [-0.3, -0.25) is 9.59 Å². The normalized spacial score (nSPS) is 11.0. The number of hydrogen-bond acceptors (Lipinski definition) is 4. The van der Waals surface area contributed by atoms with Crippen LogP contribution in [0.2, 0.25) is 0 Å². The maximum atomic E-state index is 12.1. The average Bonchev–Trinajstić information content (AvgIpc) is 3.17. The minimum absolute atomic E-state index is 0.244. The van der Waals surface area contributed by atoms with E-state index in [2.05, 4.69) is 10.3 Å². The number of ether oxygens (including phenoxy) is 1. The lowest BCUT2D eigenvalue weighted by molar-refractivity contribution is -0.137. The zero-order valence-electron chi connectivity index (χ0n) is 16.1. The first-order chi connectivity index (χ1) is 13.9. The predicted octanol–water partition coefficient (Wildman–Crippen LogP) is 3.30. The van der Waals surface area contributed by atoms with E-state index in [4.69, 9.17) is 10.5 Å². The Hall–Kier alpha value is -3.87. The summed E-state index contributed by atoms with van der Waals surface area (Å²) in [5.41, 5.74) is 9.81. The molecule has 3 aromatic rings. The number of nitrogens with one attached hydrogen (secondary N) is 2. The van der Waals surface area contributed by atoms with E-state index in [1.54, 1.807) is 25.3 Å². The van der Waals surface area contributed by atoms with Crippen molar-refractivity contribution in [3.8, 4) is 11.1 Å².